The Morgan fingerprint density at radius 2 is 1.95 bits per heavy atom. The summed E-state index contributed by atoms with van der Waals surface area (Å²) >= 11 is 0. The lowest BCUT2D eigenvalue weighted by Crippen LogP contribution is -2.31. The van der Waals surface area contributed by atoms with Crippen LogP contribution in [0.1, 0.15) is 46.0 Å². The number of aliphatic hydroxyl groups is 1. The van der Waals surface area contributed by atoms with Crippen LogP contribution in [0.3, 0.4) is 0 Å². The minimum absolute atomic E-state index is 0.0956. The van der Waals surface area contributed by atoms with Gasteiger partial charge in [0.2, 0.25) is 0 Å². The minimum Gasteiger partial charge on any atom is -0.494 e. The van der Waals surface area contributed by atoms with Gasteiger partial charge in [-0.25, -0.2) is 0 Å². The van der Waals surface area contributed by atoms with Gasteiger partial charge in [0.15, 0.2) is 0 Å². The van der Waals surface area contributed by atoms with E-state index in [1.54, 1.807) is 0 Å². The van der Waals surface area contributed by atoms with E-state index in [1.165, 1.54) is 12.8 Å². The molecule has 0 radical (unpaired) electrons. The Morgan fingerprint density at radius 1 is 1.20 bits per heavy atom. The molecule has 1 aromatic carbocycles. The van der Waals surface area contributed by atoms with E-state index >= 15 is 0 Å². The highest BCUT2D eigenvalue weighted by atomic mass is 16.5. The summed E-state index contributed by atoms with van der Waals surface area (Å²) in [5.74, 6) is 2.94. The van der Waals surface area contributed by atoms with Gasteiger partial charge in [0.25, 0.3) is 0 Å². The first-order valence-corrected chi connectivity index (χ1v) is 8.02. The molecule has 0 aromatic heterocycles. The van der Waals surface area contributed by atoms with E-state index in [4.69, 9.17) is 4.74 Å². The number of para-hydroxylation sites is 1. The average molecular weight is 276 g/mol. The molecule has 1 aliphatic carbocycles. The van der Waals surface area contributed by atoms with Crippen molar-refractivity contribution < 1.29 is 9.84 Å². The number of benzene rings is 1. The van der Waals surface area contributed by atoms with Gasteiger partial charge in [-0.15, -0.1) is 0 Å². The first kappa shape index (κ1) is 15.4. The topological polar surface area (TPSA) is 29.5 Å². The third kappa shape index (κ3) is 4.52. The Bertz CT molecular complexity index is 374. The molecule has 1 fully saturated rings. The highest BCUT2D eigenvalue weighted by molar-refractivity contribution is 5.20. The SMILES string of the molecule is CC(C)C1CCC(O)C(CCCOc2ccccc2)C1. The fourth-order valence-corrected chi connectivity index (χ4v) is 3.25. The van der Waals surface area contributed by atoms with Gasteiger partial charge in [0.05, 0.1) is 12.7 Å². The van der Waals surface area contributed by atoms with E-state index in [2.05, 4.69) is 13.8 Å². The van der Waals surface area contributed by atoms with Crippen LogP contribution in [-0.4, -0.2) is 17.8 Å². The van der Waals surface area contributed by atoms with Crippen LogP contribution >= 0.6 is 0 Å². The smallest absolute Gasteiger partial charge is 0.119 e. The molecule has 0 aliphatic heterocycles. The van der Waals surface area contributed by atoms with Crippen LogP contribution in [0, 0.1) is 17.8 Å². The minimum atomic E-state index is -0.0956. The molecule has 0 spiro atoms. The van der Waals surface area contributed by atoms with E-state index < -0.39 is 0 Å². The third-order valence-electron chi connectivity index (χ3n) is 4.66. The van der Waals surface area contributed by atoms with Crippen LogP contribution in [-0.2, 0) is 0 Å². The van der Waals surface area contributed by atoms with Crippen LogP contribution in [0.2, 0.25) is 0 Å². The van der Waals surface area contributed by atoms with Gasteiger partial charge in [0.1, 0.15) is 5.75 Å². The first-order valence-electron chi connectivity index (χ1n) is 8.02. The molecule has 2 rings (SSSR count). The van der Waals surface area contributed by atoms with E-state index in [-0.39, 0.29) is 6.10 Å². The van der Waals surface area contributed by atoms with Crippen molar-refractivity contribution in [2.45, 2.75) is 52.1 Å². The van der Waals surface area contributed by atoms with Crippen molar-refractivity contribution in [3.63, 3.8) is 0 Å². The van der Waals surface area contributed by atoms with Gasteiger partial charge >= 0.3 is 0 Å². The fourth-order valence-electron chi connectivity index (χ4n) is 3.25. The highest BCUT2D eigenvalue weighted by Gasteiger charge is 2.30. The standard InChI is InChI=1S/C18H28O2/c1-14(2)15-10-11-18(19)16(13-15)7-6-12-20-17-8-4-3-5-9-17/h3-5,8-9,14-16,18-19H,6-7,10-13H2,1-2H3. The third-order valence-corrected chi connectivity index (χ3v) is 4.66. The van der Waals surface area contributed by atoms with E-state index in [9.17, 15) is 5.11 Å². The van der Waals surface area contributed by atoms with Crippen LogP contribution in [0.15, 0.2) is 30.3 Å². The molecule has 0 amide bonds. The van der Waals surface area contributed by atoms with E-state index in [1.807, 2.05) is 30.3 Å². The molecule has 0 bridgehead atoms. The number of rotatable bonds is 6. The van der Waals surface area contributed by atoms with Gasteiger partial charge in [-0.05, 0) is 62.0 Å². The van der Waals surface area contributed by atoms with Crippen LogP contribution < -0.4 is 4.74 Å². The molecular weight excluding hydrogens is 248 g/mol. The lowest BCUT2D eigenvalue weighted by Gasteiger charge is -2.35. The Kier molecular flexibility index (Phi) is 5.90. The van der Waals surface area contributed by atoms with Gasteiger partial charge in [-0.1, -0.05) is 32.0 Å². The van der Waals surface area contributed by atoms with Crippen molar-refractivity contribution >= 4 is 0 Å². The van der Waals surface area contributed by atoms with Crippen molar-refractivity contribution in [2.24, 2.45) is 17.8 Å². The summed E-state index contributed by atoms with van der Waals surface area (Å²) in [6.07, 6.45) is 5.37. The molecular formula is C18H28O2. The molecule has 112 valence electrons. The zero-order chi connectivity index (χ0) is 14.4. The normalized spacial score (nSPS) is 26.7. The van der Waals surface area contributed by atoms with Gasteiger partial charge < -0.3 is 9.84 Å². The first-order chi connectivity index (χ1) is 9.66. The summed E-state index contributed by atoms with van der Waals surface area (Å²) in [5, 5.41) is 10.1. The Labute approximate surface area is 123 Å². The van der Waals surface area contributed by atoms with Crippen molar-refractivity contribution in [1.82, 2.24) is 0 Å². The maximum Gasteiger partial charge on any atom is 0.119 e. The van der Waals surface area contributed by atoms with Gasteiger partial charge in [-0.3, -0.25) is 0 Å². The van der Waals surface area contributed by atoms with Gasteiger partial charge in [-0.2, -0.15) is 0 Å². The summed E-state index contributed by atoms with van der Waals surface area (Å²) in [4.78, 5) is 0. The second kappa shape index (κ2) is 7.68. The summed E-state index contributed by atoms with van der Waals surface area (Å²) in [6, 6.07) is 9.96. The fraction of sp³-hybridized carbons (Fsp3) is 0.667. The quantitative estimate of drug-likeness (QED) is 0.786. The summed E-state index contributed by atoms with van der Waals surface area (Å²) in [6.45, 7) is 5.36. The molecule has 3 unspecified atom stereocenters. The van der Waals surface area contributed by atoms with Crippen molar-refractivity contribution in [3.05, 3.63) is 30.3 Å². The molecule has 1 aliphatic rings. The summed E-state index contributed by atoms with van der Waals surface area (Å²) < 4.78 is 5.72. The molecule has 20 heavy (non-hydrogen) atoms. The zero-order valence-electron chi connectivity index (χ0n) is 12.8. The van der Waals surface area contributed by atoms with E-state index in [0.29, 0.717) is 5.92 Å². The predicted molar refractivity (Wildman–Crippen MR) is 82.8 cm³/mol. The lowest BCUT2D eigenvalue weighted by atomic mass is 9.73. The highest BCUT2D eigenvalue weighted by Crippen LogP contribution is 2.36. The largest absolute Gasteiger partial charge is 0.494 e. The van der Waals surface area contributed by atoms with E-state index in [0.717, 1.165) is 43.5 Å². The predicted octanol–water partition coefficient (Wildman–Crippen LogP) is 4.28. The van der Waals surface area contributed by atoms with Crippen molar-refractivity contribution in [2.75, 3.05) is 6.61 Å². The molecule has 0 heterocycles. The molecule has 2 heteroatoms. The van der Waals surface area contributed by atoms with Crippen LogP contribution in [0.4, 0.5) is 0 Å². The summed E-state index contributed by atoms with van der Waals surface area (Å²) in [7, 11) is 0. The molecule has 3 atom stereocenters. The number of hydrogen-bond donors (Lipinski definition) is 1. The molecule has 2 nitrogen and oxygen atoms in total. The Morgan fingerprint density at radius 3 is 2.65 bits per heavy atom. The maximum absolute atomic E-state index is 10.1. The Balaban J connectivity index is 1.70. The van der Waals surface area contributed by atoms with Crippen LogP contribution in [0.25, 0.3) is 0 Å². The summed E-state index contributed by atoms with van der Waals surface area (Å²) in [5.41, 5.74) is 0. The Hall–Kier alpha value is -1.02. The molecule has 0 saturated heterocycles. The number of ether oxygens (including phenoxy) is 1. The monoisotopic (exact) mass is 276 g/mol. The lowest BCUT2D eigenvalue weighted by molar-refractivity contribution is 0.0310. The second-order valence-corrected chi connectivity index (χ2v) is 6.45. The average Bonchev–Trinajstić information content (AvgIpc) is 2.46. The second-order valence-electron chi connectivity index (χ2n) is 6.45. The van der Waals surface area contributed by atoms with Gasteiger partial charge in [0, 0.05) is 0 Å². The van der Waals surface area contributed by atoms with Crippen molar-refractivity contribution in [3.8, 4) is 5.75 Å². The molecule has 1 saturated carbocycles. The van der Waals surface area contributed by atoms with Crippen molar-refractivity contribution in [1.29, 1.82) is 0 Å². The molecule has 1 N–H and O–H groups in total. The number of hydrogen-bond acceptors (Lipinski definition) is 2. The van der Waals surface area contributed by atoms with Crippen LogP contribution in [0.5, 0.6) is 5.75 Å². The number of aliphatic hydroxyl groups excluding tert-OH is 1. The molecule has 1 aromatic rings. The zero-order valence-corrected chi connectivity index (χ0v) is 12.8. The maximum atomic E-state index is 10.1.